The number of carboxylic acids is 1. The fraction of sp³-hybridized carbons (Fsp3) is 0.500. The number of ether oxygens (including phenoxy) is 1. The molecule has 0 atom stereocenters. The molecule has 0 heterocycles. The number of methoxy groups -OCH3 is 1. The van der Waals surface area contributed by atoms with Crippen molar-refractivity contribution in [2.75, 3.05) is 30.5 Å². The van der Waals surface area contributed by atoms with Crippen LogP contribution in [0, 0.1) is 5.41 Å². The Kier molecular flexibility index (Phi) is 9.51. The summed E-state index contributed by atoms with van der Waals surface area (Å²) in [6.45, 7) is 5.79. The second-order valence-corrected chi connectivity index (χ2v) is 9.33. The van der Waals surface area contributed by atoms with Crippen molar-refractivity contribution in [2.45, 2.75) is 27.2 Å². The lowest BCUT2D eigenvalue weighted by Crippen LogP contribution is -2.31. The third-order valence-corrected chi connectivity index (χ3v) is 5.76. The monoisotopic (exact) mass is 414 g/mol. The van der Waals surface area contributed by atoms with E-state index in [1.807, 2.05) is 0 Å². The average molecular weight is 415 g/mol. The summed E-state index contributed by atoms with van der Waals surface area (Å²) in [6, 6.07) is 5.04. The molecule has 1 aromatic rings. The lowest BCUT2D eigenvalue weighted by Gasteiger charge is -2.20. The van der Waals surface area contributed by atoms with E-state index >= 15 is 0 Å². The Labute approximate surface area is 167 Å². The molecule has 1 rings (SSSR count). The number of hydrogen-bond acceptors (Lipinski definition) is 6. The van der Waals surface area contributed by atoms with Crippen molar-refractivity contribution in [1.29, 1.82) is 0 Å². The second-order valence-electron chi connectivity index (χ2n) is 6.63. The Morgan fingerprint density at radius 1 is 1.15 bits per heavy atom. The van der Waals surface area contributed by atoms with Crippen LogP contribution in [0.15, 0.2) is 18.2 Å². The van der Waals surface area contributed by atoms with E-state index in [2.05, 4.69) is 10.6 Å². The van der Waals surface area contributed by atoms with Crippen molar-refractivity contribution in [2.24, 2.45) is 5.41 Å². The molecule has 7 nitrogen and oxygen atoms in total. The number of carbonyl (C=O) groups excluding carboxylic acids is 2. The van der Waals surface area contributed by atoms with Gasteiger partial charge in [0.25, 0.3) is 5.91 Å². The second kappa shape index (κ2) is 11.1. The Balaban J connectivity index is 2.69. The number of rotatable bonds is 10. The molecule has 150 valence electrons. The maximum absolute atomic E-state index is 12.6. The van der Waals surface area contributed by atoms with E-state index in [1.54, 1.807) is 39.0 Å². The van der Waals surface area contributed by atoms with Crippen LogP contribution >= 0.6 is 21.6 Å². The van der Waals surface area contributed by atoms with Gasteiger partial charge in [0, 0.05) is 23.5 Å². The maximum Gasteiger partial charge on any atom is 0.304 e. The fourth-order valence-electron chi connectivity index (χ4n) is 1.89. The molecule has 0 radical (unpaired) electrons. The summed E-state index contributed by atoms with van der Waals surface area (Å²) in [5.41, 5.74) is 0.0806. The number of aliphatic carboxylic acids is 1. The summed E-state index contributed by atoms with van der Waals surface area (Å²) in [5.74, 6) is 0.168. The normalized spacial score (nSPS) is 11.0. The van der Waals surface area contributed by atoms with Crippen LogP contribution in [0.5, 0.6) is 5.75 Å². The van der Waals surface area contributed by atoms with Crippen molar-refractivity contribution < 1.29 is 24.2 Å². The van der Waals surface area contributed by atoms with Gasteiger partial charge in [0.15, 0.2) is 0 Å². The van der Waals surface area contributed by atoms with Crippen LogP contribution < -0.4 is 15.4 Å². The molecule has 0 aliphatic rings. The maximum atomic E-state index is 12.6. The van der Waals surface area contributed by atoms with E-state index in [9.17, 15) is 14.4 Å². The molecule has 0 saturated carbocycles. The Hall–Kier alpha value is -1.87. The van der Waals surface area contributed by atoms with Crippen LogP contribution in [0.2, 0.25) is 0 Å². The van der Waals surface area contributed by atoms with Crippen molar-refractivity contribution in [3.8, 4) is 5.75 Å². The zero-order valence-electron chi connectivity index (χ0n) is 16.0. The van der Waals surface area contributed by atoms with E-state index in [0.29, 0.717) is 29.5 Å². The summed E-state index contributed by atoms with van der Waals surface area (Å²) >= 11 is 0. The van der Waals surface area contributed by atoms with Gasteiger partial charge in [-0.1, -0.05) is 48.4 Å². The minimum Gasteiger partial charge on any atom is -0.496 e. The molecule has 2 amide bonds. The molecule has 3 N–H and O–H groups in total. The van der Waals surface area contributed by atoms with Crippen LogP contribution in [0.4, 0.5) is 5.69 Å². The van der Waals surface area contributed by atoms with Gasteiger partial charge in [-0.15, -0.1) is 0 Å². The van der Waals surface area contributed by atoms with Gasteiger partial charge in [0.1, 0.15) is 11.3 Å². The first-order valence-corrected chi connectivity index (χ1v) is 10.9. The van der Waals surface area contributed by atoms with Crippen molar-refractivity contribution in [3.63, 3.8) is 0 Å². The number of hydrogen-bond donors (Lipinski definition) is 3. The smallest absolute Gasteiger partial charge is 0.304 e. The molecule has 0 fully saturated rings. The number of benzene rings is 1. The molecular formula is C18H26N2O5S2. The third kappa shape index (κ3) is 8.13. The molecule has 0 unspecified atom stereocenters. The molecule has 0 aromatic heterocycles. The van der Waals surface area contributed by atoms with Gasteiger partial charge in [0.05, 0.1) is 19.2 Å². The molecule has 0 spiro atoms. The fourth-order valence-corrected chi connectivity index (χ4v) is 3.78. The summed E-state index contributed by atoms with van der Waals surface area (Å²) < 4.78 is 5.28. The van der Waals surface area contributed by atoms with Gasteiger partial charge in [0.2, 0.25) is 5.91 Å². The highest BCUT2D eigenvalue weighted by Gasteiger charge is 2.24. The largest absolute Gasteiger partial charge is 0.496 e. The highest BCUT2D eigenvalue weighted by Crippen LogP contribution is 2.28. The minimum atomic E-state index is -0.822. The van der Waals surface area contributed by atoms with Crippen molar-refractivity contribution >= 4 is 45.1 Å². The number of carboxylic acid groups (broad SMARTS) is 1. The highest BCUT2D eigenvalue weighted by atomic mass is 33.1. The predicted molar refractivity (Wildman–Crippen MR) is 111 cm³/mol. The SMILES string of the molecule is COc1cccc(NC(=O)C(C)(C)C)c1C(=O)NCCSSCCC(=O)O. The van der Waals surface area contributed by atoms with E-state index in [1.165, 1.54) is 28.7 Å². The summed E-state index contributed by atoms with van der Waals surface area (Å²) in [7, 11) is 4.42. The average Bonchev–Trinajstić information content (AvgIpc) is 2.59. The lowest BCUT2D eigenvalue weighted by atomic mass is 9.95. The summed E-state index contributed by atoms with van der Waals surface area (Å²) in [6.07, 6.45) is 0.113. The van der Waals surface area contributed by atoms with Crippen molar-refractivity contribution in [1.82, 2.24) is 5.32 Å². The number of carbonyl (C=O) groups is 3. The quantitative estimate of drug-likeness (QED) is 0.399. The van der Waals surface area contributed by atoms with E-state index < -0.39 is 11.4 Å². The highest BCUT2D eigenvalue weighted by molar-refractivity contribution is 8.76. The Morgan fingerprint density at radius 3 is 2.41 bits per heavy atom. The van der Waals surface area contributed by atoms with Crippen LogP contribution in [0.3, 0.4) is 0 Å². The Bertz CT molecular complexity index is 674. The van der Waals surface area contributed by atoms with Crippen molar-refractivity contribution in [3.05, 3.63) is 23.8 Å². The zero-order valence-corrected chi connectivity index (χ0v) is 17.6. The summed E-state index contributed by atoms with van der Waals surface area (Å²) in [4.78, 5) is 35.3. The van der Waals surface area contributed by atoms with Crippen LogP contribution in [0.1, 0.15) is 37.6 Å². The van der Waals surface area contributed by atoms with Gasteiger partial charge in [-0.2, -0.15) is 0 Å². The molecule has 0 bridgehead atoms. The molecular weight excluding hydrogens is 388 g/mol. The molecule has 0 aliphatic carbocycles. The predicted octanol–water partition coefficient (Wildman–Crippen LogP) is 3.27. The zero-order chi connectivity index (χ0) is 20.4. The minimum absolute atomic E-state index is 0.113. The van der Waals surface area contributed by atoms with Crippen LogP contribution in [-0.4, -0.2) is 48.1 Å². The standard InChI is InChI=1S/C18H26N2O5S2/c1-18(2,3)17(24)20-12-6-5-7-13(25-4)15(12)16(23)19-9-11-27-26-10-8-14(21)22/h5-7H,8-11H2,1-4H3,(H,19,23)(H,20,24)(H,21,22). The molecule has 0 saturated heterocycles. The molecule has 27 heavy (non-hydrogen) atoms. The van der Waals surface area contributed by atoms with Gasteiger partial charge in [-0.3, -0.25) is 14.4 Å². The number of amides is 2. The lowest BCUT2D eigenvalue weighted by molar-refractivity contribution is -0.136. The third-order valence-electron chi connectivity index (χ3n) is 3.36. The number of nitrogens with one attached hydrogen (secondary N) is 2. The van der Waals surface area contributed by atoms with Gasteiger partial charge < -0.3 is 20.5 Å². The first-order valence-electron chi connectivity index (χ1n) is 8.39. The van der Waals surface area contributed by atoms with Gasteiger partial charge >= 0.3 is 5.97 Å². The van der Waals surface area contributed by atoms with Crippen LogP contribution in [-0.2, 0) is 9.59 Å². The van der Waals surface area contributed by atoms with Gasteiger partial charge in [-0.25, -0.2) is 0 Å². The number of anilines is 1. The van der Waals surface area contributed by atoms with Gasteiger partial charge in [-0.05, 0) is 12.1 Å². The Morgan fingerprint density at radius 2 is 1.81 bits per heavy atom. The first kappa shape index (κ1) is 23.2. The topological polar surface area (TPSA) is 105 Å². The van der Waals surface area contributed by atoms with E-state index in [0.717, 1.165) is 0 Å². The van der Waals surface area contributed by atoms with E-state index in [4.69, 9.17) is 9.84 Å². The molecule has 9 heteroatoms. The first-order chi connectivity index (χ1) is 12.7. The van der Waals surface area contributed by atoms with E-state index in [-0.39, 0.29) is 23.8 Å². The van der Waals surface area contributed by atoms with Crippen LogP contribution in [0.25, 0.3) is 0 Å². The molecule has 0 aliphatic heterocycles. The summed E-state index contributed by atoms with van der Waals surface area (Å²) in [5, 5.41) is 14.2. The molecule has 1 aromatic carbocycles.